The zero-order valence-electron chi connectivity index (χ0n) is 14.2. The number of nitrogens with one attached hydrogen (secondary N) is 2. The highest BCUT2D eigenvalue weighted by Gasteiger charge is 2.24. The van der Waals surface area contributed by atoms with Crippen molar-refractivity contribution in [3.8, 4) is 0 Å². The quantitative estimate of drug-likeness (QED) is 0.811. The Kier molecular flexibility index (Phi) is 4.71. The van der Waals surface area contributed by atoms with Crippen molar-refractivity contribution in [2.24, 2.45) is 0 Å². The van der Waals surface area contributed by atoms with Crippen molar-refractivity contribution >= 4 is 38.7 Å². The molecular weight excluding hydrogens is 372 g/mol. The maximum Gasteiger partial charge on any atom is 0.407 e. The highest BCUT2D eigenvalue weighted by atomic mass is 79.9. The van der Waals surface area contributed by atoms with Gasteiger partial charge in [-0.05, 0) is 55.6 Å². The Morgan fingerprint density at radius 2 is 2.12 bits per heavy atom. The summed E-state index contributed by atoms with van der Waals surface area (Å²) in [7, 11) is 0. The predicted molar refractivity (Wildman–Crippen MR) is 98.4 cm³/mol. The molecule has 1 aliphatic heterocycles. The topological polar surface area (TPSA) is 70.2 Å². The first-order chi connectivity index (χ1) is 11.3. The Labute approximate surface area is 150 Å². The van der Waals surface area contributed by atoms with Gasteiger partial charge < -0.3 is 19.9 Å². The predicted octanol–water partition coefficient (Wildman–Crippen LogP) is 3.82. The van der Waals surface area contributed by atoms with E-state index in [0.29, 0.717) is 0 Å². The lowest BCUT2D eigenvalue weighted by Gasteiger charge is -2.33. The first-order valence-corrected chi connectivity index (χ1v) is 8.98. The molecule has 0 aromatic carbocycles. The number of anilines is 1. The van der Waals surface area contributed by atoms with Crippen molar-refractivity contribution in [2.75, 3.05) is 18.0 Å². The third-order valence-electron chi connectivity index (χ3n) is 4.04. The summed E-state index contributed by atoms with van der Waals surface area (Å²) in [5.74, 6) is 0.971. The fourth-order valence-electron chi connectivity index (χ4n) is 2.88. The summed E-state index contributed by atoms with van der Waals surface area (Å²) in [5.41, 5.74) is 0.556. The second-order valence-electron chi connectivity index (χ2n) is 7.13. The van der Waals surface area contributed by atoms with Gasteiger partial charge in [-0.1, -0.05) is 0 Å². The zero-order chi connectivity index (χ0) is 17.3. The summed E-state index contributed by atoms with van der Waals surface area (Å²) in [4.78, 5) is 21.8. The Balaban J connectivity index is 1.58. The summed E-state index contributed by atoms with van der Waals surface area (Å²) >= 11 is 3.55. The van der Waals surface area contributed by atoms with Crippen LogP contribution in [0.3, 0.4) is 0 Å². The van der Waals surface area contributed by atoms with Gasteiger partial charge in [-0.15, -0.1) is 0 Å². The molecule has 1 fully saturated rings. The average molecular weight is 395 g/mol. The molecule has 2 N–H and O–H groups in total. The number of hydrogen-bond donors (Lipinski definition) is 2. The van der Waals surface area contributed by atoms with Crippen molar-refractivity contribution in [3.05, 3.63) is 22.9 Å². The fraction of sp³-hybridized carbons (Fsp3) is 0.529. The normalized spacial score (nSPS) is 16.4. The molecular formula is C17H23BrN4O2. The fourth-order valence-corrected chi connectivity index (χ4v) is 3.32. The molecule has 6 nitrogen and oxygen atoms in total. The number of rotatable bonds is 2. The maximum atomic E-state index is 11.9. The number of nitrogens with zero attached hydrogens (tertiary/aromatic N) is 2. The number of ether oxygens (including phenoxy) is 1. The van der Waals surface area contributed by atoms with Crippen LogP contribution in [0.2, 0.25) is 0 Å². The molecule has 24 heavy (non-hydrogen) atoms. The van der Waals surface area contributed by atoms with Gasteiger partial charge in [0, 0.05) is 35.2 Å². The van der Waals surface area contributed by atoms with Crippen molar-refractivity contribution in [3.63, 3.8) is 0 Å². The minimum Gasteiger partial charge on any atom is -0.444 e. The molecule has 2 aromatic rings. The number of pyridine rings is 1. The highest BCUT2D eigenvalue weighted by molar-refractivity contribution is 9.10. The lowest BCUT2D eigenvalue weighted by atomic mass is 10.1. The molecule has 2 aromatic heterocycles. The zero-order valence-corrected chi connectivity index (χ0v) is 15.8. The highest BCUT2D eigenvalue weighted by Crippen LogP contribution is 2.27. The second-order valence-corrected chi connectivity index (χ2v) is 7.99. The first-order valence-electron chi connectivity index (χ1n) is 8.19. The number of carbonyl (C=O) groups excluding carboxylic acids is 1. The number of amides is 1. The summed E-state index contributed by atoms with van der Waals surface area (Å²) in [6.07, 6.45) is 5.21. The Hall–Kier alpha value is -1.76. The Bertz CT molecular complexity index is 730. The summed E-state index contributed by atoms with van der Waals surface area (Å²) in [6.45, 7) is 7.34. The van der Waals surface area contributed by atoms with Gasteiger partial charge >= 0.3 is 6.09 Å². The van der Waals surface area contributed by atoms with Crippen LogP contribution in [0.4, 0.5) is 10.6 Å². The molecule has 0 saturated carbocycles. The molecule has 0 unspecified atom stereocenters. The minimum atomic E-state index is -0.464. The van der Waals surface area contributed by atoms with Crippen LogP contribution in [0.15, 0.2) is 22.9 Å². The van der Waals surface area contributed by atoms with E-state index in [0.717, 1.165) is 47.1 Å². The van der Waals surface area contributed by atoms with Crippen LogP contribution in [0, 0.1) is 0 Å². The third kappa shape index (κ3) is 4.01. The monoisotopic (exact) mass is 394 g/mol. The van der Waals surface area contributed by atoms with E-state index in [9.17, 15) is 4.79 Å². The van der Waals surface area contributed by atoms with Crippen LogP contribution in [0.1, 0.15) is 33.6 Å². The lowest BCUT2D eigenvalue weighted by Crippen LogP contribution is -2.46. The average Bonchev–Trinajstić information content (AvgIpc) is 2.87. The minimum absolute atomic E-state index is 0.152. The third-order valence-corrected chi connectivity index (χ3v) is 4.70. The van der Waals surface area contributed by atoms with E-state index >= 15 is 0 Å². The molecule has 0 aliphatic carbocycles. The van der Waals surface area contributed by atoms with Crippen LogP contribution < -0.4 is 10.2 Å². The maximum absolute atomic E-state index is 11.9. The van der Waals surface area contributed by atoms with Crippen molar-refractivity contribution in [1.29, 1.82) is 0 Å². The number of fused-ring (bicyclic) bond motifs is 1. The number of piperidine rings is 1. The summed E-state index contributed by atoms with van der Waals surface area (Å²) in [5, 5.41) is 4.09. The number of alkyl carbamates (subject to hydrolysis) is 1. The Morgan fingerprint density at radius 3 is 2.79 bits per heavy atom. The van der Waals surface area contributed by atoms with E-state index in [1.807, 2.05) is 33.2 Å². The molecule has 3 heterocycles. The molecule has 1 amide bonds. The van der Waals surface area contributed by atoms with Crippen LogP contribution >= 0.6 is 15.9 Å². The van der Waals surface area contributed by atoms with Gasteiger partial charge in [0.25, 0.3) is 0 Å². The number of aromatic amines is 1. The molecule has 1 aliphatic rings. The number of aromatic nitrogens is 2. The first kappa shape index (κ1) is 17.1. The summed E-state index contributed by atoms with van der Waals surface area (Å²) in [6, 6.07) is 2.25. The summed E-state index contributed by atoms with van der Waals surface area (Å²) < 4.78 is 6.36. The van der Waals surface area contributed by atoms with Gasteiger partial charge in [0.05, 0.1) is 11.7 Å². The van der Waals surface area contributed by atoms with Crippen LogP contribution in [0.5, 0.6) is 0 Å². The van der Waals surface area contributed by atoms with Crippen molar-refractivity contribution < 1.29 is 9.53 Å². The molecule has 0 atom stereocenters. The second kappa shape index (κ2) is 6.63. The van der Waals surface area contributed by atoms with E-state index in [1.165, 1.54) is 0 Å². The lowest BCUT2D eigenvalue weighted by molar-refractivity contribution is 0.0497. The number of H-pyrrole nitrogens is 1. The molecule has 7 heteroatoms. The van der Waals surface area contributed by atoms with E-state index in [2.05, 4.69) is 42.2 Å². The van der Waals surface area contributed by atoms with Gasteiger partial charge in [-0.3, -0.25) is 0 Å². The van der Waals surface area contributed by atoms with Crippen LogP contribution in [-0.4, -0.2) is 40.8 Å². The van der Waals surface area contributed by atoms with E-state index in [-0.39, 0.29) is 12.1 Å². The molecule has 0 bridgehead atoms. The largest absolute Gasteiger partial charge is 0.444 e. The molecule has 1 saturated heterocycles. The van der Waals surface area contributed by atoms with Crippen LogP contribution in [-0.2, 0) is 4.74 Å². The number of carbonyl (C=O) groups is 1. The SMILES string of the molecule is CC(C)(C)OC(=O)NC1CCN(c2cc3c(Br)c[nH]c3cn2)CC1. The van der Waals surface area contributed by atoms with Gasteiger partial charge in [0.2, 0.25) is 0 Å². The van der Waals surface area contributed by atoms with Crippen molar-refractivity contribution in [1.82, 2.24) is 15.3 Å². The van der Waals surface area contributed by atoms with E-state index in [4.69, 9.17) is 4.74 Å². The van der Waals surface area contributed by atoms with Crippen molar-refractivity contribution in [2.45, 2.75) is 45.3 Å². The van der Waals surface area contributed by atoms with Gasteiger partial charge in [-0.2, -0.15) is 0 Å². The smallest absolute Gasteiger partial charge is 0.407 e. The number of halogens is 1. The molecule has 130 valence electrons. The van der Waals surface area contributed by atoms with Gasteiger partial charge in [0.15, 0.2) is 0 Å². The van der Waals surface area contributed by atoms with Gasteiger partial charge in [0.1, 0.15) is 11.4 Å². The van der Waals surface area contributed by atoms with Crippen LogP contribution in [0.25, 0.3) is 10.9 Å². The number of hydrogen-bond acceptors (Lipinski definition) is 4. The molecule has 0 spiro atoms. The van der Waals surface area contributed by atoms with Gasteiger partial charge in [-0.25, -0.2) is 9.78 Å². The van der Waals surface area contributed by atoms with E-state index < -0.39 is 5.60 Å². The van der Waals surface area contributed by atoms with E-state index in [1.54, 1.807) is 0 Å². The molecule has 0 radical (unpaired) electrons. The molecule has 3 rings (SSSR count). The standard InChI is InChI=1S/C17H23BrN4O2/c1-17(2,3)24-16(23)21-11-4-6-22(7-5-11)15-8-12-13(18)9-19-14(12)10-20-15/h8-11,19H,4-7H2,1-3H3,(H,21,23). The Morgan fingerprint density at radius 1 is 1.42 bits per heavy atom.